The van der Waals surface area contributed by atoms with Crippen molar-refractivity contribution in [3.8, 4) is 5.75 Å². The molecule has 2 aromatic rings. The molecular weight excluding hydrogens is 344 g/mol. The van der Waals surface area contributed by atoms with Crippen LogP contribution in [0.15, 0.2) is 33.8 Å². The molecule has 0 spiro atoms. The van der Waals surface area contributed by atoms with Gasteiger partial charge in [0.1, 0.15) is 11.5 Å². The Kier molecular flexibility index (Phi) is 8.64. The van der Waals surface area contributed by atoms with Crippen molar-refractivity contribution in [2.75, 3.05) is 27.3 Å². The average molecular weight is 374 g/mol. The summed E-state index contributed by atoms with van der Waals surface area (Å²) < 4.78 is 16.5. The van der Waals surface area contributed by atoms with Gasteiger partial charge < -0.3 is 24.6 Å². The topological polar surface area (TPSA) is 80.9 Å². The lowest BCUT2D eigenvalue weighted by atomic mass is 10.1. The first-order valence-electron chi connectivity index (χ1n) is 9.33. The zero-order chi connectivity index (χ0) is 19.5. The Morgan fingerprint density at radius 1 is 1.19 bits per heavy atom. The largest absolute Gasteiger partial charge is 0.496 e. The molecule has 0 saturated carbocycles. The fourth-order valence-electron chi connectivity index (χ4n) is 2.78. The molecule has 0 bridgehead atoms. The zero-order valence-corrected chi connectivity index (χ0v) is 16.7. The van der Waals surface area contributed by atoms with E-state index in [-0.39, 0.29) is 0 Å². The van der Waals surface area contributed by atoms with Crippen molar-refractivity contribution >= 4 is 5.96 Å². The summed E-state index contributed by atoms with van der Waals surface area (Å²) in [5.41, 5.74) is 3.15. The number of ether oxygens (including phenoxy) is 2. The van der Waals surface area contributed by atoms with Gasteiger partial charge in [-0.05, 0) is 12.5 Å². The van der Waals surface area contributed by atoms with Crippen molar-refractivity contribution < 1.29 is 14.0 Å². The van der Waals surface area contributed by atoms with Crippen LogP contribution in [0.2, 0.25) is 0 Å². The number of methoxy groups -OCH3 is 1. The molecule has 7 heteroatoms. The Bertz CT molecular complexity index is 706. The van der Waals surface area contributed by atoms with Crippen LogP contribution in [0, 0.1) is 0 Å². The van der Waals surface area contributed by atoms with E-state index < -0.39 is 0 Å². The van der Waals surface area contributed by atoms with Crippen LogP contribution in [0.4, 0.5) is 0 Å². The van der Waals surface area contributed by atoms with Gasteiger partial charge >= 0.3 is 0 Å². The summed E-state index contributed by atoms with van der Waals surface area (Å²) in [6.07, 6.45) is 1.68. The molecule has 2 N–H and O–H groups in total. The maximum Gasteiger partial charge on any atom is 0.191 e. The molecule has 0 fully saturated rings. The third-order valence-corrected chi connectivity index (χ3v) is 4.25. The van der Waals surface area contributed by atoms with Crippen LogP contribution in [0.25, 0.3) is 0 Å². The standard InChI is InChI=1S/C20H30N4O3/c1-5-17-16(18(6-2)27-24-17)13-23-20(21-3)22-11-12-26-14-15-9-7-8-10-19(15)25-4/h7-10H,5-6,11-14H2,1-4H3,(H2,21,22,23). The fourth-order valence-corrected chi connectivity index (χ4v) is 2.78. The first-order valence-corrected chi connectivity index (χ1v) is 9.33. The minimum atomic E-state index is 0.512. The van der Waals surface area contributed by atoms with E-state index in [0.717, 1.165) is 47.1 Å². The molecule has 148 valence electrons. The number of guanidine groups is 1. The zero-order valence-electron chi connectivity index (χ0n) is 16.7. The molecule has 0 aliphatic carbocycles. The lowest BCUT2D eigenvalue weighted by molar-refractivity contribution is 0.123. The number of hydrogen-bond acceptors (Lipinski definition) is 5. The molecule has 27 heavy (non-hydrogen) atoms. The molecule has 2 rings (SSSR count). The number of aliphatic imine (C=N–C) groups is 1. The van der Waals surface area contributed by atoms with Crippen LogP contribution in [0.3, 0.4) is 0 Å². The third-order valence-electron chi connectivity index (χ3n) is 4.25. The smallest absolute Gasteiger partial charge is 0.191 e. The van der Waals surface area contributed by atoms with E-state index in [1.165, 1.54) is 0 Å². The van der Waals surface area contributed by atoms with Crippen molar-refractivity contribution in [1.82, 2.24) is 15.8 Å². The summed E-state index contributed by atoms with van der Waals surface area (Å²) in [5.74, 6) is 2.49. The normalized spacial score (nSPS) is 11.5. The second-order valence-corrected chi connectivity index (χ2v) is 5.96. The van der Waals surface area contributed by atoms with Gasteiger partial charge in [0.05, 0.1) is 26.0 Å². The number of benzene rings is 1. The number of hydrogen-bond donors (Lipinski definition) is 2. The number of nitrogens with one attached hydrogen (secondary N) is 2. The van der Waals surface area contributed by atoms with Gasteiger partial charge in [-0.15, -0.1) is 0 Å². The monoisotopic (exact) mass is 374 g/mol. The molecule has 1 aromatic carbocycles. The molecule has 0 aliphatic heterocycles. The highest BCUT2D eigenvalue weighted by molar-refractivity contribution is 5.79. The third kappa shape index (κ3) is 5.99. The van der Waals surface area contributed by atoms with Crippen molar-refractivity contribution in [2.45, 2.75) is 39.8 Å². The summed E-state index contributed by atoms with van der Waals surface area (Å²) in [5, 5.41) is 10.7. The van der Waals surface area contributed by atoms with E-state index in [9.17, 15) is 0 Å². The van der Waals surface area contributed by atoms with Crippen LogP contribution in [-0.2, 0) is 30.7 Å². The second-order valence-electron chi connectivity index (χ2n) is 5.96. The predicted molar refractivity (Wildman–Crippen MR) is 106 cm³/mol. The number of rotatable bonds is 10. The van der Waals surface area contributed by atoms with E-state index >= 15 is 0 Å². The van der Waals surface area contributed by atoms with Gasteiger partial charge in [-0.1, -0.05) is 37.2 Å². The van der Waals surface area contributed by atoms with Crippen molar-refractivity contribution in [3.05, 3.63) is 46.8 Å². The van der Waals surface area contributed by atoms with Crippen molar-refractivity contribution in [1.29, 1.82) is 0 Å². The summed E-state index contributed by atoms with van der Waals surface area (Å²) in [4.78, 5) is 4.25. The Balaban J connectivity index is 1.74. The molecule has 1 aromatic heterocycles. The fraction of sp³-hybridized carbons (Fsp3) is 0.500. The Labute approximate surface area is 161 Å². The summed E-state index contributed by atoms with van der Waals surface area (Å²) >= 11 is 0. The van der Waals surface area contributed by atoms with Crippen molar-refractivity contribution in [2.24, 2.45) is 4.99 Å². The van der Waals surface area contributed by atoms with E-state index in [1.807, 2.05) is 24.3 Å². The van der Waals surface area contributed by atoms with E-state index in [2.05, 4.69) is 34.6 Å². The van der Waals surface area contributed by atoms with Crippen LogP contribution in [0.1, 0.15) is 36.4 Å². The summed E-state index contributed by atoms with van der Waals surface area (Å²) in [7, 11) is 3.42. The number of aromatic nitrogens is 1. The Morgan fingerprint density at radius 2 is 2.00 bits per heavy atom. The predicted octanol–water partition coefficient (Wildman–Crippen LogP) is 2.69. The molecule has 7 nitrogen and oxygen atoms in total. The maximum absolute atomic E-state index is 5.73. The summed E-state index contributed by atoms with van der Waals surface area (Å²) in [6, 6.07) is 7.86. The Hall–Kier alpha value is -2.54. The highest BCUT2D eigenvalue weighted by Gasteiger charge is 2.13. The Morgan fingerprint density at radius 3 is 2.70 bits per heavy atom. The first-order chi connectivity index (χ1) is 13.2. The van der Waals surface area contributed by atoms with Crippen LogP contribution >= 0.6 is 0 Å². The number of aryl methyl sites for hydroxylation is 2. The van der Waals surface area contributed by atoms with Gasteiger partial charge in [0, 0.05) is 37.7 Å². The average Bonchev–Trinajstić information content (AvgIpc) is 3.12. The van der Waals surface area contributed by atoms with Crippen LogP contribution in [0.5, 0.6) is 5.75 Å². The van der Waals surface area contributed by atoms with Gasteiger partial charge in [0.15, 0.2) is 5.96 Å². The lowest BCUT2D eigenvalue weighted by Crippen LogP contribution is -2.38. The van der Waals surface area contributed by atoms with Gasteiger partial charge in [0.2, 0.25) is 0 Å². The molecule has 0 unspecified atom stereocenters. The molecule has 0 aliphatic rings. The minimum Gasteiger partial charge on any atom is -0.496 e. The maximum atomic E-state index is 5.73. The van der Waals surface area contributed by atoms with Gasteiger partial charge in [-0.3, -0.25) is 4.99 Å². The quantitative estimate of drug-likeness (QED) is 0.378. The number of para-hydroxylation sites is 1. The minimum absolute atomic E-state index is 0.512. The first kappa shape index (κ1) is 20.8. The van der Waals surface area contributed by atoms with Crippen molar-refractivity contribution in [3.63, 3.8) is 0 Å². The van der Waals surface area contributed by atoms with E-state index in [4.69, 9.17) is 14.0 Å². The van der Waals surface area contributed by atoms with E-state index in [1.54, 1.807) is 14.2 Å². The van der Waals surface area contributed by atoms with Gasteiger partial charge in [0.25, 0.3) is 0 Å². The van der Waals surface area contributed by atoms with Crippen LogP contribution < -0.4 is 15.4 Å². The molecular formula is C20H30N4O3. The van der Waals surface area contributed by atoms with Crippen LogP contribution in [-0.4, -0.2) is 38.4 Å². The summed E-state index contributed by atoms with van der Waals surface area (Å²) in [6.45, 7) is 6.50. The number of nitrogens with zero attached hydrogens (tertiary/aromatic N) is 2. The highest BCUT2D eigenvalue weighted by Crippen LogP contribution is 2.18. The molecule has 0 saturated heterocycles. The SMILES string of the molecule is CCc1noc(CC)c1CNC(=NC)NCCOCc1ccccc1OC. The van der Waals surface area contributed by atoms with E-state index in [0.29, 0.717) is 26.3 Å². The molecule has 1 heterocycles. The van der Waals surface area contributed by atoms with Gasteiger partial charge in [-0.25, -0.2) is 0 Å². The molecule has 0 amide bonds. The highest BCUT2D eigenvalue weighted by atomic mass is 16.5. The van der Waals surface area contributed by atoms with Gasteiger partial charge in [-0.2, -0.15) is 0 Å². The lowest BCUT2D eigenvalue weighted by Gasteiger charge is -2.13. The molecule has 0 radical (unpaired) electrons. The second kappa shape index (κ2) is 11.2. The molecule has 0 atom stereocenters.